The molecule has 0 aliphatic heterocycles. The predicted octanol–water partition coefficient (Wildman–Crippen LogP) is 1.12. The molecular weight excluding hydrogens is 298 g/mol. The van der Waals surface area contributed by atoms with Gasteiger partial charge in [-0.25, -0.2) is 4.79 Å². The number of aromatic amines is 2. The fraction of sp³-hybridized carbons (Fsp3) is 0.154. The Morgan fingerprint density at radius 1 is 1.29 bits per heavy atom. The summed E-state index contributed by atoms with van der Waals surface area (Å²) in [6, 6.07) is 6.51. The number of anilines is 1. The first-order chi connectivity index (χ1) is 9.95. The molecule has 1 aromatic heterocycles. The van der Waals surface area contributed by atoms with E-state index in [4.69, 9.17) is 16.3 Å². The van der Waals surface area contributed by atoms with Crippen LogP contribution in [0.15, 0.2) is 40.1 Å². The first-order valence-electron chi connectivity index (χ1n) is 6.01. The minimum atomic E-state index is -0.836. The van der Waals surface area contributed by atoms with E-state index in [2.05, 4.69) is 10.3 Å². The number of ether oxygens (including phenoxy) is 1. The summed E-state index contributed by atoms with van der Waals surface area (Å²) in [5, 5.41) is 2.92. The molecule has 0 radical (unpaired) electrons. The van der Waals surface area contributed by atoms with Gasteiger partial charge in [-0.05, 0) is 31.2 Å². The summed E-state index contributed by atoms with van der Waals surface area (Å²) in [7, 11) is 0. The lowest BCUT2D eigenvalue weighted by molar-refractivity contribution is -0.122. The average molecular weight is 310 g/mol. The smallest absolute Gasteiger partial charge is 0.325 e. The highest BCUT2D eigenvalue weighted by atomic mass is 35.5. The molecule has 7 nitrogen and oxygen atoms in total. The zero-order valence-corrected chi connectivity index (χ0v) is 11.7. The van der Waals surface area contributed by atoms with Gasteiger partial charge in [-0.15, -0.1) is 0 Å². The lowest BCUT2D eigenvalue weighted by Crippen LogP contribution is -2.33. The van der Waals surface area contributed by atoms with Crippen molar-refractivity contribution >= 4 is 23.2 Å². The van der Waals surface area contributed by atoms with Crippen molar-refractivity contribution in [3.05, 3.63) is 56.3 Å². The lowest BCUT2D eigenvalue weighted by atomic mass is 10.3. The molecule has 21 heavy (non-hydrogen) atoms. The molecule has 0 bridgehead atoms. The van der Waals surface area contributed by atoms with Crippen LogP contribution >= 0.6 is 11.6 Å². The van der Waals surface area contributed by atoms with E-state index in [9.17, 15) is 14.4 Å². The van der Waals surface area contributed by atoms with Crippen LogP contribution in [0.3, 0.4) is 0 Å². The Morgan fingerprint density at radius 3 is 2.57 bits per heavy atom. The van der Waals surface area contributed by atoms with Crippen molar-refractivity contribution in [2.75, 3.05) is 5.32 Å². The van der Waals surface area contributed by atoms with Gasteiger partial charge in [0.2, 0.25) is 0 Å². The zero-order valence-electron chi connectivity index (χ0n) is 11.0. The molecule has 0 saturated heterocycles. The van der Waals surface area contributed by atoms with Crippen LogP contribution in [-0.2, 0) is 4.79 Å². The predicted molar refractivity (Wildman–Crippen MR) is 77.9 cm³/mol. The van der Waals surface area contributed by atoms with Crippen molar-refractivity contribution < 1.29 is 9.53 Å². The van der Waals surface area contributed by atoms with E-state index in [0.717, 1.165) is 6.20 Å². The van der Waals surface area contributed by atoms with E-state index in [0.29, 0.717) is 10.8 Å². The summed E-state index contributed by atoms with van der Waals surface area (Å²) in [6.45, 7) is 1.53. The maximum atomic E-state index is 11.9. The van der Waals surface area contributed by atoms with Gasteiger partial charge in [0.1, 0.15) is 11.4 Å². The molecule has 1 heterocycles. The standard InChI is InChI=1S/C13H12ClN3O4/c1-7(21-9-4-2-8(14)3-5-9)11(18)16-10-6-15-13(20)17-12(10)19/h2-7H,1H3,(H,16,18)(H2,15,17,19,20). The molecule has 8 heteroatoms. The lowest BCUT2D eigenvalue weighted by Gasteiger charge is -2.14. The topological polar surface area (TPSA) is 104 Å². The zero-order chi connectivity index (χ0) is 15.4. The molecule has 2 rings (SSSR count). The third-order valence-electron chi connectivity index (χ3n) is 2.57. The van der Waals surface area contributed by atoms with Gasteiger partial charge < -0.3 is 15.0 Å². The summed E-state index contributed by atoms with van der Waals surface area (Å²) in [6.07, 6.45) is 0.283. The Labute approximate surface area is 123 Å². The highest BCUT2D eigenvalue weighted by Crippen LogP contribution is 2.17. The van der Waals surface area contributed by atoms with Crippen LogP contribution in [0.5, 0.6) is 5.75 Å². The fourth-order valence-electron chi connectivity index (χ4n) is 1.51. The molecule has 1 atom stereocenters. The van der Waals surface area contributed by atoms with Crippen LogP contribution in [0.2, 0.25) is 5.02 Å². The third kappa shape index (κ3) is 3.96. The van der Waals surface area contributed by atoms with E-state index < -0.39 is 23.3 Å². The van der Waals surface area contributed by atoms with Crippen LogP contribution < -0.4 is 21.3 Å². The number of benzene rings is 1. The van der Waals surface area contributed by atoms with E-state index >= 15 is 0 Å². The molecule has 0 aliphatic carbocycles. The fourth-order valence-corrected chi connectivity index (χ4v) is 1.63. The Balaban J connectivity index is 2.04. The number of amides is 1. The SMILES string of the molecule is CC(Oc1ccc(Cl)cc1)C(=O)Nc1c[nH]c(=O)[nH]c1=O. The number of hydrogen-bond acceptors (Lipinski definition) is 4. The number of carbonyl (C=O) groups excluding carboxylic acids is 1. The molecule has 3 N–H and O–H groups in total. The number of H-pyrrole nitrogens is 2. The van der Waals surface area contributed by atoms with Crippen LogP contribution in [0.25, 0.3) is 0 Å². The summed E-state index contributed by atoms with van der Waals surface area (Å²) >= 11 is 5.75. The summed E-state index contributed by atoms with van der Waals surface area (Å²) < 4.78 is 5.41. The summed E-state index contributed by atoms with van der Waals surface area (Å²) in [4.78, 5) is 38.5. The van der Waals surface area contributed by atoms with Crippen LogP contribution in [0.1, 0.15) is 6.92 Å². The number of hydrogen-bond donors (Lipinski definition) is 3. The maximum absolute atomic E-state index is 11.9. The second kappa shape index (κ2) is 6.27. The third-order valence-corrected chi connectivity index (χ3v) is 2.82. The van der Waals surface area contributed by atoms with Crippen molar-refractivity contribution in [1.29, 1.82) is 0 Å². The second-order valence-electron chi connectivity index (χ2n) is 4.19. The molecule has 0 aliphatic rings. The number of rotatable bonds is 4. The molecule has 1 aromatic carbocycles. The molecule has 0 spiro atoms. The highest BCUT2D eigenvalue weighted by Gasteiger charge is 2.16. The van der Waals surface area contributed by atoms with E-state index in [1.54, 1.807) is 24.3 Å². The van der Waals surface area contributed by atoms with E-state index in [1.165, 1.54) is 6.92 Å². The molecule has 1 unspecified atom stereocenters. The minimum Gasteiger partial charge on any atom is -0.481 e. The van der Waals surface area contributed by atoms with Gasteiger partial charge >= 0.3 is 5.69 Å². The largest absolute Gasteiger partial charge is 0.481 e. The van der Waals surface area contributed by atoms with E-state index in [-0.39, 0.29) is 5.69 Å². The Bertz CT molecular complexity index is 751. The average Bonchev–Trinajstić information content (AvgIpc) is 2.44. The molecule has 110 valence electrons. The molecule has 2 aromatic rings. The van der Waals surface area contributed by atoms with Crippen molar-refractivity contribution in [3.63, 3.8) is 0 Å². The first-order valence-corrected chi connectivity index (χ1v) is 6.38. The quantitative estimate of drug-likeness (QED) is 0.787. The van der Waals surface area contributed by atoms with Crippen LogP contribution in [0.4, 0.5) is 5.69 Å². The van der Waals surface area contributed by atoms with Gasteiger partial charge in [-0.3, -0.25) is 14.6 Å². The molecule has 0 saturated carbocycles. The maximum Gasteiger partial charge on any atom is 0.325 e. The van der Waals surface area contributed by atoms with Gasteiger partial charge in [0, 0.05) is 11.2 Å². The van der Waals surface area contributed by atoms with Gasteiger partial charge in [0.25, 0.3) is 11.5 Å². The second-order valence-corrected chi connectivity index (χ2v) is 4.63. The van der Waals surface area contributed by atoms with Gasteiger partial charge in [0.15, 0.2) is 6.10 Å². The Morgan fingerprint density at radius 2 is 1.95 bits per heavy atom. The van der Waals surface area contributed by atoms with Crippen molar-refractivity contribution in [2.24, 2.45) is 0 Å². The Hall–Kier alpha value is -2.54. The van der Waals surface area contributed by atoms with Gasteiger partial charge in [-0.1, -0.05) is 11.6 Å². The van der Waals surface area contributed by atoms with Crippen LogP contribution in [0, 0.1) is 0 Å². The summed E-state index contributed by atoms with van der Waals surface area (Å²) in [5.74, 6) is -0.0556. The Kier molecular flexibility index (Phi) is 4.44. The number of halogens is 1. The molecule has 1 amide bonds. The normalized spacial score (nSPS) is 11.7. The molecular formula is C13H12ClN3O4. The summed E-state index contributed by atoms with van der Waals surface area (Å²) in [5.41, 5.74) is -1.40. The first kappa shape index (κ1) is 14.9. The number of carbonyl (C=O) groups is 1. The highest BCUT2D eigenvalue weighted by molar-refractivity contribution is 6.30. The number of aromatic nitrogens is 2. The minimum absolute atomic E-state index is 0.0637. The monoisotopic (exact) mass is 309 g/mol. The molecule has 0 fully saturated rings. The van der Waals surface area contributed by atoms with Crippen molar-refractivity contribution in [2.45, 2.75) is 13.0 Å². The van der Waals surface area contributed by atoms with Crippen molar-refractivity contribution in [3.8, 4) is 5.75 Å². The van der Waals surface area contributed by atoms with Gasteiger partial charge in [-0.2, -0.15) is 0 Å². The van der Waals surface area contributed by atoms with E-state index in [1.807, 2.05) is 4.98 Å². The number of nitrogens with one attached hydrogen (secondary N) is 3. The van der Waals surface area contributed by atoms with Crippen LogP contribution in [-0.4, -0.2) is 22.0 Å². The van der Waals surface area contributed by atoms with Crippen molar-refractivity contribution in [1.82, 2.24) is 9.97 Å². The van der Waals surface area contributed by atoms with Gasteiger partial charge in [0.05, 0.1) is 0 Å².